The quantitative estimate of drug-likeness (QED) is 0.392. The van der Waals surface area contributed by atoms with Crippen molar-refractivity contribution in [2.75, 3.05) is 14.1 Å². The fraction of sp³-hybridized carbons (Fsp3) is 0.667. The molecule has 0 aromatic rings. The molecule has 0 aliphatic heterocycles. The van der Waals surface area contributed by atoms with Gasteiger partial charge in [0.05, 0.1) is 0 Å². The summed E-state index contributed by atoms with van der Waals surface area (Å²) in [4.78, 5) is 10.9. The van der Waals surface area contributed by atoms with Crippen molar-refractivity contribution in [3.8, 4) is 0 Å². The van der Waals surface area contributed by atoms with E-state index in [1.807, 2.05) is 0 Å². The van der Waals surface area contributed by atoms with Crippen molar-refractivity contribution in [3.05, 3.63) is 0 Å². The molecule has 0 saturated heterocycles. The minimum atomic E-state index is 0.750. The zero-order valence-corrected chi connectivity index (χ0v) is 3.43. The van der Waals surface area contributed by atoms with Crippen LogP contribution >= 0.6 is 0 Å². The van der Waals surface area contributed by atoms with E-state index >= 15 is 0 Å². The number of rotatable bonds is 1. The molecule has 2 heteroatoms. The average molecular weight is 75.1 g/mol. The van der Waals surface area contributed by atoms with Gasteiger partial charge in [-0.15, -0.1) is 0 Å². The lowest BCUT2D eigenvalue weighted by Crippen LogP contribution is -2.06. The molecule has 0 heterocycles. The predicted octanol–water partition coefficient (Wildman–Crippen LogP) is -0.296. The first kappa shape index (κ1) is 4.47. The van der Waals surface area contributed by atoms with E-state index in [-0.39, 0.29) is 0 Å². The van der Waals surface area contributed by atoms with Gasteiger partial charge in [-0.25, -0.2) is 0 Å². The lowest BCUT2D eigenvalue weighted by molar-refractivity contribution is -0.115. The lowest BCUT2D eigenvalue weighted by Gasteiger charge is -1.93. The van der Waals surface area contributed by atoms with Gasteiger partial charge in [-0.3, -0.25) is 4.79 Å². The van der Waals surface area contributed by atoms with Crippen LogP contribution in [0.5, 0.6) is 0 Å². The topological polar surface area (TPSA) is 20.3 Å². The van der Waals surface area contributed by atoms with Crippen LogP contribution in [0.4, 0.5) is 0 Å². The van der Waals surface area contributed by atoms with Crippen LogP contribution in [0, 0.1) is 0 Å². The number of carbonyl (C=O) groups is 1. The maximum atomic E-state index is 9.43. The number of carbonyl (C=O) groups excluding carboxylic acids is 1. The molecule has 0 bridgehead atoms. The Balaban J connectivity index is 2.83. The van der Waals surface area contributed by atoms with Crippen molar-refractivity contribution in [2.24, 2.45) is 0 Å². The third kappa shape index (κ3) is 3.47. The second-order valence-corrected chi connectivity index (χ2v) is 1.07. The first-order chi connectivity index (χ1) is 2.27. The number of hydrogen-bond acceptors (Lipinski definition) is 1. The van der Waals surface area contributed by atoms with Crippen LogP contribution in [-0.2, 0) is 4.79 Å². The molecule has 0 spiro atoms. The standard InChI is InChI=1S/C3H7NO/c1-4(2)3-5/h3H,1-2H3/i3+2. The maximum Gasteiger partial charge on any atom is 0.209 e. The molecule has 0 radical (unpaired) electrons. The highest BCUT2D eigenvalue weighted by Gasteiger charge is 1.68. The molecular formula is C3H7NO. The Morgan fingerprint density at radius 3 is 1.80 bits per heavy atom. The highest BCUT2D eigenvalue weighted by atomic mass is 16.3. The van der Waals surface area contributed by atoms with Crippen molar-refractivity contribution in [2.45, 2.75) is 0 Å². The van der Waals surface area contributed by atoms with Crippen molar-refractivity contribution in [1.82, 2.24) is 4.90 Å². The Morgan fingerprint density at radius 1 is 1.60 bits per heavy atom. The van der Waals surface area contributed by atoms with E-state index in [0.717, 1.165) is 6.41 Å². The maximum absolute atomic E-state index is 9.43. The summed E-state index contributed by atoms with van der Waals surface area (Å²) >= 11 is 0. The first-order valence-electron chi connectivity index (χ1n) is 1.39. The molecule has 2 nitrogen and oxygen atoms in total. The van der Waals surface area contributed by atoms with Crippen LogP contribution in [0.3, 0.4) is 0 Å². The third-order valence-electron chi connectivity index (χ3n) is 0.211. The van der Waals surface area contributed by atoms with Gasteiger partial charge in [-0.1, -0.05) is 0 Å². The zero-order chi connectivity index (χ0) is 4.28. The van der Waals surface area contributed by atoms with Crippen LogP contribution in [-0.4, -0.2) is 25.4 Å². The van der Waals surface area contributed by atoms with Gasteiger partial charge in [0.1, 0.15) is 0 Å². The SMILES string of the molecule is CN(C)[14CH]=O. The highest BCUT2D eigenvalue weighted by Crippen LogP contribution is 1.52. The van der Waals surface area contributed by atoms with Gasteiger partial charge in [0.15, 0.2) is 0 Å². The Labute approximate surface area is 31.4 Å². The van der Waals surface area contributed by atoms with Crippen molar-refractivity contribution < 1.29 is 4.79 Å². The molecule has 0 aromatic carbocycles. The number of nitrogens with zero attached hydrogens (tertiary/aromatic N) is 1. The van der Waals surface area contributed by atoms with Gasteiger partial charge >= 0.3 is 0 Å². The van der Waals surface area contributed by atoms with E-state index < -0.39 is 0 Å². The average Bonchev–Trinajstić information content (AvgIpc) is 1.38. The monoisotopic (exact) mass is 75.1 g/mol. The summed E-state index contributed by atoms with van der Waals surface area (Å²) in [6.45, 7) is 0. The van der Waals surface area contributed by atoms with Crippen LogP contribution in [0.25, 0.3) is 0 Å². The fourth-order valence-electron chi connectivity index (χ4n) is 0. The number of hydrogen-bond donors (Lipinski definition) is 0. The van der Waals surface area contributed by atoms with Gasteiger partial charge < -0.3 is 4.90 Å². The van der Waals surface area contributed by atoms with Crippen molar-refractivity contribution in [1.29, 1.82) is 0 Å². The normalized spacial score (nSPS) is 6.80. The van der Waals surface area contributed by atoms with E-state index in [0.29, 0.717) is 0 Å². The van der Waals surface area contributed by atoms with Gasteiger partial charge in [-0.05, 0) is 0 Å². The van der Waals surface area contributed by atoms with E-state index in [1.165, 1.54) is 4.90 Å². The van der Waals surface area contributed by atoms with Crippen molar-refractivity contribution >= 4 is 6.41 Å². The molecule has 0 saturated carbocycles. The van der Waals surface area contributed by atoms with Crippen LogP contribution in [0.2, 0.25) is 0 Å². The highest BCUT2D eigenvalue weighted by molar-refractivity contribution is 5.45. The fourth-order valence-corrected chi connectivity index (χ4v) is 0. The molecule has 0 atom stereocenters. The van der Waals surface area contributed by atoms with E-state index in [1.54, 1.807) is 14.1 Å². The Bertz CT molecular complexity index is 33.9. The van der Waals surface area contributed by atoms with Gasteiger partial charge in [-0.2, -0.15) is 0 Å². The van der Waals surface area contributed by atoms with E-state index in [9.17, 15) is 4.79 Å². The molecule has 30 valence electrons. The zero-order valence-electron chi connectivity index (χ0n) is 3.43. The summed E-state index contributed by atoms with van der Waals surface area (Å²) in [5.74, 6) is 0. The minimum Gasteiger partial charge on any atom is -0.351 e. The first-order valence-corrected chi connectivity index (χ1v) is 1.39. The third-order valence-corrected chi connectivity index (χ3v) is 0.211. The van der Waals surface area contributed by atoms with Gasteiger partial charge in [0, 0.05) is 14.1 Å². The molecule has 1 amide bonds. The molecule has 0 rings (SSSR count). The molecule has 0 unspecified atom stereocenters. The molecule has 0 aromatic heterocycles. The Hall–Kier alpha value is -0.530. The summed E-state index contributed by atoms with van der Waals surface area (Å²) in [5.41, 5.74) is 0. The van der Waals surface area contributed by atoms with Gasteiger partial charge in [0.25, 0.3) is 0 Å². The molecule has 5 heavy (non-hydrogen) atoms. The number of amides is 1. The van der Waals surface area contributed by atoms with E-state index in [4.69, 9.17) is 0 Å². The second kappa shape index (κ2) is 1.76. The van der Waals surface area contributed by atoms with Crippen LogP contribution in [0.15, 0.2) is 0 Å². The lowest BCUT2D eigenvalue weighted by atomic mass is 11.2. The Kier molecular flexibility index (Phi) is 1.57. The largest absolute Gasteiger partial charge is 0.351 e. The molecule has 0 N–H and O–H groups in total. The van der Waals surface area contributed by atoms with Gasteiger partial charge in [0.2, 0.25) is 6.41 Å². The molecule has 0 fully saturated rings. The summed E-state index contributed by atoms with van der Waals surface area (Å²) in [5, 5.41) is 0. The van der Waals surface area contributed by atoms with Crippen molar-refractivity contribution in [3.63, 3.8) is 0 Å². The van der Waals surface area contributed by atoms with Crippen LogP contribution in [0.1, 0.15) is 0 Å². The summed E-state index contributed by atoms with van der Waals surface area (Å²) in [6, 6.07) is 0. The minimum absolute atomic E-state index is 0.750. The predicted molar refractivity (Wildman–Crippen MR) is 19.8 cm³/mol. The summed E-state index contributed by atoms with van der Waals surface area (Å²) in [7, 11) is 3.38. The summed E-state index contributed by atoms with van der Waals surface area (Å²) in [6.07, 6.45) is 0.750. The molecule has 0 aliphatic rings. The molecule has 0 aliphatic carbocycles. The molecular weight excluding hydrogens is 68.0 g/mol. The Morgan fingerprint density at radius 2 is 1.80 bits per heavy atom. The second-order valence-electron chi connectivity index (χ2n) is 1.07. The summed E-state index contributed by atoms with van der Waals surface area (Å²) < 4.78 is 0. The van der Waals surface area contributed by atoms with E-state index in [2.05, 4.69) is 0 Å². The smallest absolute Gasteiger partial charge is 0.209 e. The van der Waals surface area contributed by atoms with Crippen LogP contribution < -0.4 is 0 Å².